The van der Waals surface area contributed by atoms with Crippen molar-refractivity contribution in [2.24, 2.45) is 0 Å². The zero-order valence-corrected chi connectivity index (χ0v) is 15.7. The molecule has 23 heavy (non-hydrogen) atoms. The molecule has 132 valence electrons. The average Bonchev–Trinajstić information content (AvgIpc) is 2.88. The third kappa shape index (κ3) is 4.08. The van der Waals surface area contributed by atoms with Crippen molar-refractivity contribution in [1.29, 1.82) is 0 Å². The molecule has 0 amide bonds. The minimum atomic E-state index is -1.18. The van der Waals surface area contributed by atoms with E-state index in [1.165, 1.54) is 4.57 Å². The Kier molecular flexibility index (Phi) is 5.13. The first-order valence-electron chi connectivity index (χ1n) is 7.86. The Morgan fingerprint density at radius 1 is 1.35 bits per heavy atom. The Labute approximate surface area is 138 Å². The van der Waals surface area contributed by atoms with E-state index < -0.39 is 16.0 Å². The SMILES string of the molecule is Cc1cn([C@H]2CC[C@@H](COS(C)(C)C(C)(C)C)O2)c(=O)[nH]c1=O. The van der Waals surface area contributed by atoms with E-state index in [1.54, 1.807) is 13.1 Å². The van der Waals surface area contributed by atoms with Crippen LogP contribution in [0.4, 0.5) is 0 Å². The van der Waals surface area contributed by atoms with Crippen LogP contribution in [-0.4, -0.2) is 39.5 Å². The number of aromatic amines is 1. The number of ether oxygens (including phenoxy) is 1. The molecule has 2 rings (SSSR count). The predicted octanol–water partition coefficient (Wildman–Crippen LogP) is 2.32. The van der Waals surface area contributed by atoms with E-state index in [0.717, 1.165) is 12.8 Å². The monoisotopic (exact) mass is 344 g/mol. The van der Waals surface area contributed by atoms with Crippen LogP contribution in [0.1, 0.15) is 45.4 Å². The summed E-state index contributed by atoms with van der Waals surface area (Å²) in [5, 5.41) is 0. The summed E-state index contributed by atoms with van der Waals surface area (Å²) < 4.78 is 13.7. The molecule has 6 nitrogen and oxygen atoms in total. The normalized spacial score (nSPS) is 23.2. The Morgan fingerprint density at radius 3 is 2.61 bits per heavy atom. The standard InChI is InChI=1S/C16H28N2O4S/c1-11-9-18(15(20)17-14(11)19)13-8-7-12(22-13)10-21-23(5,6)16(2,3)4/h9,12-13H,7-8,10H2,1-6H3,(H,17,19,20)/t12-,13+/m0/s1. The number of rotatable bonds is 4. The zero-order valence-electron chi connectivity index (χ0n) is 14.8. The lowest BCUT2D eigenvalue weighted by atomic mass is 10.2. The van der Waals surface area contributed by atoms with Gasteiger partial charge in [0.15, 0.2) is 0 Å². The van der Waals surface area contributed by atoms with Gasteiger partial charge in [0.05, 0.1) is 12.7 Å². The van der Waals surface area contributed by atoms with E-state index in [-0.39, 0.29) is 22.6 Å². The summed E-state index contributed by atoms with van der Waals surface area (Å²) in [5.41, 5.74) is -0.265. The average molecular weight is 344 g/mol. The number of nitrogens with one attached hydrogen (secondary N) is 1. The van der Waals surface area contributed by atoms with E-state index in [2.05, 4.69) is 38.3 Å². The highest BCUT2D eigenvalue weighted by Crippen LogP contribution is 2.54. The van der Waals surface area contributed by atoms with Gasteiger partial charge in [0.1, 0.15) is 6.23 Å². The molecule has 0 aromatic carbocycles. The molecule has 7 heteroatoms. The molecule has 0 radical (unpaired) electrons. The molecule has 0 spiro atoms. The van der Waals surface area contributed by atoms with Crippen molar-refractivity contribution >= 4 is 10.3 Å². The van der Waals surface area contributed by atoms with Crippen molar-refractivity contribution in [3.63, 3.8) is 0 Å². The van der Waals surface area contributed by atoms with Crippen molar-refractivity contribution in [2.75, 3.05) is 19.1 Å². The second-order valence-corrected chi connectivity index (χ2v) is 11.3. The summed E-state index contributed by atoms with van der Waals surface area (Å²) in [7, 11) is -1.18. The van der Waals surface area contributed by atoms with Gasteiger partial charge in [-0.3, -0.25) is 14.3 Å². The third-order valence-corrected chi connectivity index (χ3v) is 8.24. The first-order chi connectivity index (χ1) is 10.5. The van der Waals surface area contributed by atoms with E-state index in [0.29, 0.717) is 12.2 Å². The predicted molar refractivity (Wildman–Crippen MR) is 94.3 cm³/mol. The molecule has 0 saturated carbocycles. The molecule has 1 fully saturated rings. The lowest BCUT2D eigenvalue weighted by Crippen LogP contribution is -2.33. The highest BCUT2D eigenvalue weighted by molar-refractivity contribution is 8.29. The second-order valence-electron chi connectivity index (χ2n) is 7.40. The summed E-state index contributed by atoms with van der Waals surface area (Å²) >= 11 is 0. The summed E-state index contributed by atoms with van der Waals surface area (Å²) in [5.74, 6) is 0. The fourth-order valence-corrected chi connectivity index (χ4v) is 3.08. The van der Waals surface area contributed by atoms with Crippen LogP contribution >= 0.6 is 10.3 Å². The summed E-state index contributed by atoms with van der Waals surface area (Å²) in [6.07, 6.45) is 7.12. The van der Waals surface area contributed by atoms with Gasteiger partial charge in [0, 0.05) is 16.5 Å². The fraction of sp³-hybridized carbons (Fsp3) is 0.750. The van der Waals surface area contributed by atoms with Crippen molar-refractivity contribution in [3.05, 3.63) is 32.6 Å². The quantitative estimate of drug-likeness (QED) is 0.910. The molecule has 1 aromatic rings. The molecule has 0 aliphatic carbocycles. The molecule has 1 N–H and O–H groups in total. The largest absolute Gasteiger partial charge is 0.352 e. The molecule has 2 atom stereocenters. The molecule has 1 saturated heterocycles. The molecule has 1 aliphatic heterocycles. The number of H-pyrrole nitrogens is 1. The maximum atomic E-state index is 11.9. The Morgan fingerprint density at radius 2 is 2.00 bits per heavy atom. The minimum absolute atomic E-state index is 0.0201. The van der Waals surface area contributed by atoms with E-state index in [9.17, 15) is 9.59 Å². The minimum Gasteiger partial charge on any atom is -0.352 e. The lowest BCUT2D eigenvalue weighted by Gasteiger charge is -2.44. The molecule has 1 aromatic heterocycles. The van der Waals surface area contributed by atoms with Crippen LogP contribution in [0.2, 0.25) is 0 Å². The van der Waals surface area contributed by atoms with E-state index in [1.807, 2.05) is 0 Å². The lowest BCUT2D eigenvalue weighted by molar-refractivity contribution is -0.0182. The topological polar surface area (TPSA) is 73.3 Å². The molecule has 0 bridgehead atoms. The highest BCUT2D eigenvalue weighted by Gasteiger charge is 2.32. The number of hydrogen-bond donors (Lipinski definition) is 1. The molecule has 1 aliphatic rings. The highest BCUT2D eigenvalue weighted by atomic mass is 32.3. The number of hydrogen-bond acceptors (Lipinski definition) is 4. The van der Waals surface area contributed by atoms with Gasteiger partial charge in [-0.15, -0.1) is 10.3 Å². The van der Waals surface area contributed by atoms with Gasteiger partial charge in [0.2, 0.25) is 0 Å². The van der Waals surface area contributed by atoms with Gasteiger partial charge in [-0.25, -0.2) is 4.79 Å². The summed E-state index contributed by atoms with van der Waals surface area (Å²) in [4.78, 5) is 25.7. The Hall–Kier alpha value is -1.05. The number of aryl methyl sites for hydroxylation is 1. The van der Waals surface area contributed by atoms with Crippen molar-refractivity contribution in [1.82, 2.24) is 9.55 Å². The third-order valence-electron chi connectivity index (χ3n) is 4.56. The van der Waals surface area contributed by atoms with Gasteiger partial charge in [-0.05, 0) is 32.3 Å². The Balaban J connectivity index is 2.01. The van der Waals surface area contributed by atoms with Gasteiger partial charge in [0.25, 0.3) is 5.56 Å². The number of aromatic nitrogens is 2. The first-order valence-corrected chi connectivity index (χ1v) is 10.2. The molecule has 2 heterocycles. The van der Waals surface area contributed by atoms with Crippen LogP contribution in [0.25, 0.3) is 0 Å². The summed E-state index contributed by atoms with van der Waals surface area (Å²) in [6.45, 7) is 8.77. The van der Waals surface area contributed by atoms with Crippen molar-refractivity contribution in [2.45, 2.75) is 57.6 Å². The maximum Gasteiger partial charge on any atom is 0.330 e. The first kappa shape index (κ1) is 18.3. The van der Waals surface area contributed by atoms with Crippen LogP contribution < -0.4 is 11.2 Å². The van der Waals surface area contributed by atoms with Crippen LogP contribution in [-0.2, 0) is 8.92 Å². The molecular weight excluding hydrogens is 316 g/mol. The van der Waals surface area contributed by atoms with Gasteiger partial charge in [-0.1, -0.05) is 20.8 Å². The fourth-order valence-electron chi connectivity index (χ4n) is 2.24. The van der Waals surface area contributed by atoms with Gasteiger partial charge in [-0.2, -0.15) is 0 Å². The van der Waals surface area contributed by atoms with Crippen LogP contribution in [0.15, 0.2) is 15.8 Å². The molecular formula is C16H28N2O4S. The van der Waals surface area contributed by atoms with Crippen molar-refractivity contribution in [3.8, 4) is 0 Å². The van der Waals surface area contributed by atoms with E-state index >= 15 is 0 Å². The van der Waals surface area contributed by atoms with Crippen LogP contribution in [0.5, 0.6) is 0 Å². The van der Waals surface area contributed by atoms with E-state index in [4.69, 9.17) is 8.92 Å². The van der Waals surface area contributed by atoms with Crippen molar-refractivity contribution < 1.29 is 8.92 Å². The number of nitrogens with zero attached hydrogens (tertiary/aromatic N) is 1. The van der Waals surface area contributed by atoms with Gasteiger partial charge >= 0.3 is 5.69 Å². The summed E-state index contributed by atoms with van der Waals surface area (Å²) in [6, 6.07) is 0. The second kappa shape index (κ2) is 6.45. The van der Waals surface area contributed by atoms with Crippen LogP contribution in [0.3, 0.4) is 0 Å². The maximum absolute atomic E-state index is 11.9. The Bertz CT molecular complexity index is 672. The van der Waals surface area contributed by atoms with Gasteiger partial charge < -0.3 is 8.92 Å². The van der Waals surface area contributed by atoms with Crippen LogP contribution in [0, 0.1) is 6.92 Å². The zero-order chi connectivity index (χ0) is 17.4. The smallest absolute Gasteiger partial charge is 0.330 e. The molecule has 0 unspecified atom stereocenters.